The summed E-state index contributed by atoms with van der Waals surface area (Å²) in [6.45, 7) is 2.57. The number of carbonyl (C=O) groups is 1. The standard InChI is InChI=1S/C19H19N3O3S/c1-15(23)25-19(13-22-10-11-26-18(22)21-14-20)9-5-8-17(12-19)24-16-6-3-2-4-7-16/h2-9H,10-13H2,1H3. The van der Waals surface area contributed by atoms with Gasteiger partial charge in [0.2, 0.25) is 6.19 Å². The molecule has 0 amide bonds. The molecular formula is C19H19N3O3S. The lowest BCUT2D eigenvalue weighted by atomic mass is 9.92. The molecule has 0 N–H and O–H groups in total. The fraction of sp³-hybridized carbons (Fsp3) is 0.316. The Labute approximate surface area is 156 Å². The zero-order valence-corrected chi connectivity index (χ0v) is 15.2. The topological polar surface area (TPSA) is 74.9 Å². The molecule has 1 saturated heterocycles. The van der Waals surface area contributed by atoms with Crippen molar-refractivity contribution in [3.05, 3.63) is 54.3 Å². The van der Waals surface area contributed by atoms with Crippen LogP contribution in [0.4, 0.5) is 0 Å². The molecule has 26 heavy (non-hydrogen) atoms. The zero-order chi connectivity index (χ0) is 18.4. The number of thioether (sulfide) groups is 1. The van der Waals surface area contributed by atoms with E-state index in [1.165, 1.54) is 18.7 Å². The lowest BCUT2D eigenvalue weighted by Crippen LogP contribution is -2.46. The highest BCUT2D eigenvalue weighted by Gasteiger charge is 2.38. The highest BCUT2D eigenvalue weighted by molar-refractivity contribution is 8.14. The van der Waals surface area contributed by atoms with Gasteiger partial charge in [0.1, 0.15) is 11.5 Å². The molecule has 3 rings (SSSR count). The van der Waals surface area contributed by atoms with Crippen molar-refractivity contribution in [3.8, 4) is 11.9 Å². The Morgan fingerprint density at radius 2 is 2.23 bits per heavy atom. The number of hydrogen-bond acceptors (Lipinski definition) is 6. The number of ether oxygens (including phenoxy) is 2. The van der Waals surface area contributed by atoms with E-state index in [4.69, 9.17) is 14.7 Å². The van der Waals surface area contributed by atoms with Gasteiger partial charge >= 0.3 is 5.97 Å². The smallest absolute Gasteiger partial charge is 0.303 e. The molecule has 1 aromatic rings. The SMILES string of the molecule is CC(=O)OC1(CN2CCSC2=NC#N)C=CC=C(Oc2ccccc2)C1. The van der Waals surface area contributed by atoms with Gasteiger partial charge in [-0.3, -0.25) is 4.79 Å². The predicted molar refractivity (Wildman–Crippen MR) is 100 cm³/mol. The molecule has 2 aliphatic rings. The van der Waals surface area contributed by atoms with Gasteiger partial charge in [-0.1, -0.05) is 36.0 Å². The molecule has 1 atom stereocenters. The van der Waals surface area contributed by atoms with Crippen LogP contribution in [0.2, 0.25) is 0 Å². The molecule has 134 valence electrons. The maximum absolute atomic E-state index is 11.7. The normalized spacial score (nSPS) is 23.5. The monoisotopic (exact) mass is 369 g/mol. The van der Waals surface area contributed by atoms with Crippen LogP contribution >= 0.6 is 11.8 Å². The molecule has 0 spiro atoms. The summed E-state index contributed by atoms with van der Waals surface area (Å²) in [7, 11) is 0. The van der Waals surface area contributed by atoms with Crippen LogP contribution in [0.1, 0.15) is 13.3 Å². The predicted octanol–water partition coefficient (Wildman–Crippen LogP) is 3.10. The summed E-state index contributed by atoms with van der Waals surface area (Å²) < 4.78 is 11.6. The Morgan fingerprint density at radius 3 is 2.96 bits per heavy atom. The van der Waals surface area contributed by atoms with E-state index in [9.17, 15) is 4.79 Å². The Kier molecular flexibility index (Phi) is 5.64. The van der Waals surface area contributed by atoms with E-state index in [1.54, 1.807) is 0 Å². The number of nitriles is 1. The Balaban J connectivity index is 1.79. The molecule has 0 bridgehead atoms. The number of aliphatic imine (C=N–C) groups is 1. The summed E-state index contributed by atoms with van der Waals surface area (Å²) in [4.78, 5) is 17.6. The van der Waals surface area contributed by atoms with Gasteiger partial charge in [-0.15, -0.1) is 4.99 Å². The second-order valence-corrected chi connectivity index (χ2v) is 7.07. The third-order valence-electron chi connectivity index (χ3n) is 3.96. The van der Waals surface area contributed by atoms with E-state index in [-0.39, 0.29) is 5.97 Å². The van der Waals surface area contributed by atoms with Crippen LogP contribution in [0, 0.1) is 11.5 Å². The molecule has 0 aromatic heterocycles. The third-order valence-corrected chi connectivity index (χ3v) is 4.96. The summed E-state index contributed by atoms with van der Waals surface area (Å²) in [6.07, 6.45) is 7.84. The summed E-state index contributed by atoms with van der Waals surface area (Å²) in [5.41, 5.74) is -0.855. The summed E-state index contributed by atoms with van der Waals surface area (Å²) in [5.74, 6) is 1.94. The zero-order valence-electron chi connectivity index (χ0n) is 14.4. The van der Waals surface area contributed by atoms with Gasteiger partial charge in [0, 0.05) is 19.2 Å². The van der Waals surface area contributed by atoms with Gasteiger partial charge < -0.3 is 14.4 Å². The van der Waals surface area contributed by atoms with E-state index >= 15 is 0 Å². The molecule has 1 heterocycles. The van der Waals surface area contributed by atoms with Crippen molar-refractivity contribution < 1.29 is 14.3 Å². The van der Waals surface area contributed by atoms with Crippen LogP contribution in [0.15, 0.2) is 59.3 Å². The molecule has 1 aliphatic heterocycles. The number of allylic oxidation sites excluding steroid dienone is 2. The van der Waals surface area contributed by atoms with E-state index in [0.29, 0.717) is 23.9 Å². The number of amidine groups is 1. The van der Waals surface area contributed by atoms with Crippen LogP contribution in [0.25, 0.3) is 0 Å². The average Bonchev–Trinajstić information content (AvgIpc) is 3.02. The van der Waals surface area contributed by atoms with Gasteiger partial charge in [-0.2, -0.15) is 5.26 Å². The quantitative estimate of drug-likeness (QED) is 0.586. The number of benzene rings is 1. The Bertz CT molecular complexity index is 798. The van der Waals surface area contributed by atoms with Crippen LogP contribution in [0.3, 0.4) is 0 Å². The second kappa shape index (κ2) is 8.11. The maximum Gasteiger partial charge on any atom is 0.303 e. The third kappa shape index (κ3) is 4.46. The van der Waals surface area contributed by atoms with E-state index in [0.717, 1.165) is 18.0 Å². The van der Waals surface area contributed by atoms with Crippen molar-refractivity contribution in [3.63, 3.8) is 0 Å². The molecule has 1 unspecified atom stereocenters. The fourth-order valence-corrected chi connectivity index (χ4v) is 3.94. The summed E-state index contributed by atoms with van der Waals surface area (Å²) in [5, 5.41) is 9.52. The number of para-hydroxylation sites is 1. The fourth-order valence-electron chi connectivity index (χ4n) is 3.00. The van der Waals surface area contributed by atoms with E-state index < -0.39 is 5.60 Å². The van der Waals surface area contributed by atoms with Crippen molar-refractivity contribution in [2.45, 2.75) is 18.9 Å². The average molecular weight is 369 g/mol. The second-order valence-electron chi connectivity index (χ2n) is 6.01. The molecule has 0 saturated carbocycles. The van der Waals surface area contributed by atoms with Crippen LogP contribution in [-0.2, 0) is 9.53 Å². The largest absolute Gasteiger partial charge is 0.462 e. The van der Waals surface area contributed by atoms with Gasteiger partial charge in [0.15, 0.2) is 10.8 Å². The van der Waals surface area contributed by atoms with Crippen molar-refractivity contribution in [2.75, 3.05) is 18.8 Å². The van der Waals surface area contributed by atoms with Crippen LogP contribution in [0.5, 0.6) is 5.75 Å². The lowest BCUT2D eigenvalue weighted by molar-refractivity contribution is -0.153. The van der Waals surface area contributed by atoms with Crippen LogP contribution in [-0.4, -0.2) is 40.5 Å². The van der Waals surface area contributed by atoms with E-state index in [2.05, 4.69) is 4.99 Å². The molecule has 6 nitrogen and oxygen atoms in total. The Hall–Kier alpha value is -2.72. The van der Waals surface area contributed by atoms with Crippen molar-refractivity contribution in [1.29, 1.82) is 5.26 Å². The first kappa shape index (κ1) is 18.1. The van der Waals surface area contributed by atoms with Gasteiger partial charge in [-0.05, 0) is 24.3 Å². The first-order valence-corrected chi connectivity index (χ1v) is 9.24. The highest BCUT2D eigenvalue weighted by atomic mass is 32.2. The highest BCUT2D eigenvalue weighted by Crippen LogP contribution is 2.32. The summed E-state index contributed by atoms with van der Waals surface area (Å²) >= 11 is 1.53. The van der Waals surface area contributed by atoms with Gasteiger partial charge in [0.25, 0.3) is 0 Å². The van der Waals surface area contributed by atoms with Gasteiger partial charge in [0.05, 0.1) is 13.0 Å². The van der Waals surface area contributed by atoms with Gasteiger partial charge in [-0.25, -0.2) is 0 Å². The molecule has 1 aliphatic carbocycles. The number of esters is 1. The number of nitrogens with zero attached hydrogens (tertiary/aromatic N) is 3. The minimum atomic E-state index is -0.855. The van der Waals surface area contributed by atoms with Crippen molar-refractivity contribution in [2.24, 2.45) is 4.99 Å². The number of hydrogen-bond donors (Lipinski definition) is 0. The van der Waals surface area contributed by atoms with Crippen molar-refractivity contribution in [1.82, 2.24) is 4.90 Å². The molecular weight excluding hydrogens is 350 g/mol. The number of rotatable bonds is 5. The minimum absolute atomic E-state index is 0.360. The Morgan fingerprint density at radius 1 is 1.42 bits per heavy atom. The van der Waals surface area contributed by atoms with Crippen molar-refractivity contribution >= 4 is 22.9 Å². The molecule has 0 radical (unpaired) electrons. The number of carbonyl (C=O) groups excluding carboxylic acids is 1. The van der Waals surface area contributed by atoms with E-state index in [1.807, 2.05) is 59.7 Å². The van der Waals surface area contributed by atoms with Crippen LogP contribution < -0.4 is 4.74 Å². The molecule has 7 heteroatoms. The first-order valence-electron chi connectivity index (χ1n) is 8.26. The molecule has 1 aromatic carbocycles. The first-order chi connectivity index (χ1) is 12.6. The summed E-state index contributed by atoms with van der Waals surface area (Å²) in [6, 6.07) is 9.48. The maximum atomic E-state index is 11.7. The minimum Gasteiger partial charge on any atom is -0.462 e. The lowest BCUT2D eigenvalue weighted by Gasteiger charge is -2.36. The molecule has 1 fully saturated rings.